The molecule has 0 bridgehead atoms. The molecule has 1 aromatic rings. The summed E-state index contributed by atoms with van der Waals surface area (Å²) in [6.07, 6.45) is 4.24. The zero-order chi connectivity index (χ0) is 14.4. The highest BCUT2D eigenvalue weighted by molar-refractivity contribution is 5.35. The van der Waals surface area contributed by atoms with Crippen LogP contribution in [-0.2, 0) is 17.7 Å². The Balaban J connectivity index is 2.03. The number of ether oxygens (including phenoxy) is 1. The number of piperazine rings is 1. The number of aryl methyl sites for hydroxylation is 2. The highest BCUT2D eigenvalue weighted by atomic mass is 16.5. The molecular formula is C15H28N4O. The monoisotopic (exact) mass is 280 g/mol. The molecule has 1 aliphatic heterocycles. The maximum atomic E-state index is 5.43. The summed E-state index contributed by atoms with van der Waals surface area (Å²) in [7, 11) is 0. The van der Waals surface area contributed by atoms with Gasteiger partial charge in [-0.25, -0.2) is 4.98 Å². The van der Waals surface area contributed by atoms with Gasteiger partial charge in [0.15, 0.2) is 0 Å². The Bertz CT molecular complexity index is 405. The third-order valence-electron chi connectivity index (χ3n) is 3.71. The molecule has 0 saturated carbocycles. The van der Waals surface area contributed by atoms with E-state index in [1.165, 1.54) is 5.69 Å². The minimum atomic E-state index is 0.530. The lowest BCUT2D eigenvalue weighted by atomic mass is 10.2. The van der Waals surface area contributed by atoms with Gasteiger partial charge in [0.25, 0.3) is 0 Å². The van der Waals surface area contributed by atoms with Crippen LogP contribution < -0.4 is 10.2 Å². The Kier molecular flexibility index (Phi) is 5.86. The van der Waals surface area contributed by atoms with Gasteiger partial charge in [0.1, 0.15) is 0 Å². The number of nitrogens with zero attached hydrogens (tertiary/aromatic N) is 3. The Morgan fingerprint density at radius 1 is 1.45 bits per heavy atom. The molecule has 1 N–H and O–H groups in total. The van der Waals surface area contributed by atoms with Crippen LogP contribution in [0.3, 0.4) is 0 Å². The lowest BCUT2D eigenvalue weighted by Gasteiger charge is -2.33. The summed E-state index contributed by atoms with van der Waals surface area (Å²) < 4.78 is 7.73. The molecule has 1 aliphatic rings. The van der Waals surface area contributed by atoms with Gasteiger partial charge in [-0.15, -0.1) is 0 Å². The third-order valence-corrected chi connectivity index (χ3v) is 3.71. The van der Waals surface area contributed by atoms with Crippen molar-refractivity contribution in [1.29, 1.82) is 0 Å². The number of aromatic nitrogens is 2. The van der Waals surface area contributed by atoms with Gasteiger partial charge in [0.2, 0.25) is 5.95 Å². The van der Waals surface area contributed by atoms with Crippen LogP contribution in [-0.4, -0.2) is 48.4 Å². The summed E-state index contributed by atoms with van der Waals surface area (Å²) in [6, 6.07) is 0.530. The van der Waals surface area contributed by atoms with Crippen molar-refractivity contribution in [3.63, 3.8) is 0 Å². The molecule has 1 saturated heterocycles. The van der Waals surface area contributed by atoms with Crippen LogP contribution in [0.5, 0.6) is 0 Å². The predicted molar refractivity (Wildman–Crippen MR) is 82.4 cm³/mol. The summed E-state index contributed by atoms with van der Waals surface area (Å²) in [4.78, 5) is 7.21. The molecule has 5 heteroatoms. The average Bonchev–Trinajstić information content (AvgIpc) is 2.87. The molecule has 1 fully saturated rings. The van der Waals surface area contributed by atoms with E-state index in [0.29, 0.717) is 6.04 Å². The molecule has 114 valence electrons. The summed E-state index contributed by atoms with van der Waals surface area (Å²) in [5, 5.41) is 3.48. The largest absolute Gasteiger partial charge is 0.382 e. The Hall–Kier alpha value is -1.07. The minimum absolute atomic E-state index is 0.530. The quantitative estimate of drug-likeness (QED) is 0.772. The maximum absolute atomic E-state index is 5.43. The number of nitrogens with one attached hydrogen (secondary N) is 1. The van der Waals surface area contributed by atoms with Crippen LogP contribution in [0.4, 0.5) is 5.95 Å². The number of anilines is 1. The van der Waals surface area contributed by atoms with E-state index in [2.05, 4.69) is 34.8 Å². The van der Waals surface area contributed by atoms with Crippen molar-refractivity contribution in [2.75, 3.05) is 37.7 Å². The zero-order valence-electron chi connectivity index (χ0n) is 13.1. The van der Waals surface area contributed by atoms with Crippen LogP contribution in [0.25, 0.3) is 0 Å². The molecule has 0 radical (unpaired) electrons. The normalized spacial score (nSPS) is 19.6. The Labute approximate surface area is 122 Å². The third kappa shape index (κ3) is 3.96. The summed E-state index contributed by atoms with van der Waals surface area (Å²) in [5.74, 6) is 1.13. The standard InChI is InChI=1S/C15H28N4O/c1-4-14-12-18(8-6-10-20-5-2)15(17-14)19-9-7-16-13(3)11-19/h12-13,16H,4-11H2,1-3H3. The fraction of sp³-hybridized carbons (Fsp3) is 0.800. The minimum Gasteiger partial charge on any atom is -0.382 e. The second-order valence-electron chi connectivity index (χ2n) is 5.43. The second-order valence-corrected chi connectivity index (χ2v) is 5.43. The van der Waals surface area contributed by atoms with E-state index < -0.39 is 0 Å². The van der Waals surface area contributed by atoms with Crippen molar-refractivity contribution in [2.24, 2.45) is 0 Å². The smallest absolute Gasteiger partial charge is 0.205 e. The average molecular weight is 280 g/mol. The van der Waals surface area contributed by atoms with Crippen LogP contribution in [0.1, 0.15) is 32.9 Å². The Morgan fingerprint density at radius 2 is 2.30 bits per heavy atom. The molecule has 0 amide bonds. The van der Waals surface area contributed by atoms with Gasteiger partial charge in [-0.3, -0.25) is 0 Å². The lowest BCUT2D eigenvalue weighted by Crippen LogP contribution is -2.50. The molecule has 1 atom stereocenters. The first kappa shape index (κ1) is 15.3. The maximum Gasteiger partial charge on any atom is 0.205 e. The number of rotatable bonds is 7. The molecule has 0 spiro atoms. The number of hydrogen-bond acceptors (Lipinski definition) is 4. The van der Waals surface area contributed by atoms with Crippen molar-refractivity contribution >= 4 is 5.95 Å². The topological polar surface area (TPSA) is 42.3 Å². The van der Waals surface area contributed by atoms with Gasteiger partial charge in [0, 0.05) is 51.6 Å². The zero-order valence-corrected chi connectivity index (χ0v) is 13.1. The van der Waals surface area contributed by atoms with Crippen molar-refractivity contribution < 1.29 is 4.74 Å². The summed E-state index contributed by atoms with van der Waals surface area (Å²) in [6.45, 7) is 12.2. The van der Waals surface area contributed by atoms with Crippen LogP contribution in [0.15, 0.2) is 6.20 Å². The van der Waals surface area contributed by atoms with E-state index in [-0.39, 0.29) is 0 Å². The highest BCUT2D eigenvalue weighted by Gasteiger charge is 2.20. The summed E-state index contributed by atoms with van der Waals surface area (Å²) in [5.41, 5.74) is 1.18. The molecule has 1 aromatic heterocycles. The van der Waals surface area contributed by atoms with Gasteiger partial charge < -0.3 is 19.5 Å². The molecule has 1 unspecified atom stereocenters. The van der Waals surface area contributed by atoms with Crippen molar-refractivity contribution in [1.82, 2.24) is 14.9 Å². The molecule has 2 rings (SSSR count). The van der Waals surface area contributed by atoms with Gasteiger partial charge in [-0.1, -0.05) is 6.92 Å². The fourth-order valence-corrected chi connectivity index (χ4v) is 2.64. The molecular weight excluding hydrogens is 252 g/mol. The lowest BCUT2D eigenvalue weighted by molar-refractivity contribution is 0.141. The van der Waals surface area contributed by atoms with E-state index in [9.17, 15) is 0 Å². The SMILES string of the molecule is CCOCCCn1cc(CC)nc1N1CCNC(C)C1. The number of imidazole rings is 1. The summed E-state index contributed by atoms with van der Waals surface area (Å²) >= 11 is 0. The van der Waals surface area contributed by atoms with Crippen LogP contribution in [0, 0.1) is 0 Å². The van der Waals surface area contributed by atoms with Crippen molar-refractivity contribution in [2.45, 2.75) is 46.2 Å². The van der Waals surface area contributed by atoms with Crippen LogP contribution >= 0.6 is 0 Å². The predicted octanol–water partition coefficient (Wildman–Crippen LogP) is 1.67. The second kappa shape index (κ2) is 7.64. The van der Waals surface area contributed by atoms with Crippen molar-refractivity contribution in [3.05, 3.63) is 11.9 Å². The molecule has 20 heavy (non-hydrogen) atoms. The van der Waals surface area contributed by atoms with E-state index >= 15 is 0 Å². The molecule has 0 aliphatic carbocycles. The molecule has 0 aromatic carbocycles. The van der Waals surface area contributed by atoms with E-state index in [1.807, 2.05) is 6.92 Å². The molecule has 5 nitrogen and oxygen atoms in total. The first-order valence-electron chi connectivity index (χ1n) is 7.86. The molecule has 2 heterocycles. The van der Waals surface area contributed by atoms with Gasteiger partial charge in [-0.2, -0.15) is 0 Å². The van der Waals surface area contributed by atoms with Gasteiger partial charge in [0.05, 0.1) is 5.69 Å². The van der Waals surface area contributed by atoms with Gasteiger partial charge in [-0.05, 0) is 26.7 Å². The fourth-order valence-electron chi connectivity index (χ4n) is 2.64. The highest BCUT2D eigenvalue weighted by Crippen LogP contribution is 2.17. The van der Waals surface area contributed by atoms with E-state index in [1.54, 1.807) is 0 Å². The van der Waals surface area contributed by atoms with Crippen LogP contribution in [0.2, 0.25) is 0 Å². The first-order valence-corrected chi connectivity index (χ1v) is 7.86. The first-order chi connectivity index (χ1) is 9.74. The van der Waals surface area contributed by atoms with Gasteiger partial charge >= 0.3 is 0 Å². The van der Waals surface area contributed by atoms with E-state index in [0.717, 1.165) is 58.2 Å². The van der Waals surface area contributed by atoms with Crippen molar-refractivity contribution in [3.8, 4) is 0 Å². The Morgan fingerprint density at radius 3 is 3.00 bits per heavy atom. The van der Waals surface area contributed by atoms with E-state index in [4.69, 9.17) is 9.72 Å². The number of hydrogen-bond donors (Lipinski definition) is 1.